The summed E-state index contributed by atoms with van der Waals surface area (Å²) in [4.78, 5) is 18.2. The Kier molecular flexibility index (Phi) is 6.89. The van der Waals surface area contributed by atoms with Gasteiger partial charge >= 0.3 is 5.97 Å². The normalized spacial score (nSPS) is 10.1. The van der Waals surface area contributed by atoms with Crippen molar-refractivity contribution in [1.82, 2.24) is 4.98 Å². The summed E-state index contributed by atoms with van der Waals surface area (Å²) >= 11 is 4.89. The van der Waals surface area contributed by atoms with E-state index in [4.69, 9.17) is 27.4 Å². The largest absolute Gasteiger partial charge is 0.465 e. The molecule has 0 unspecified atom stereocenters. The van der Waals surface area contributed by atoms with Crippen LogP contribution in [0.5, 0.6) is 0 Å². The average Bonchev–Trinajstić information content (AvgIpc) is 2.46. The lowest BCUT2D eigenvalue weighted by Gasteiger charge is -2.23. The number of methoxy groups -OCH3 is 2. The lowest BCUT2D eigenvalue weighted by Crippen LogP contribution is -2.31. The molecule has 0 aromatic carbocycles. The van der Waals surface area contributed by atoms with Gasteiger partial charge in [-0.3, -0.25) is 0 Å². The van der Waals surface area contributed by atoms with Gasteiger partial charge in [0.2, 0.25) is 0 Å². The van der Waals surface area contributed by atoms with Crippen LogP contribution in [0.15, 0.2) is 18.3 Å². The quantitative estimate of drug-likeness (QED) is 0.566. The number of thiocarbonyl (C=S) groups is 1. The molecular weight excluding hydrogens is 278 g/mol. The van der Waals surface area contributed by atoms with Gasteiger partial charge in [-0.2, -0.15) is 0 Å². The fourth-order valence-electron chi connectivity index (χ4n) is 1.62. The monoisotopic (exact) mass is 297 g/mol. The van der Waals surface area contributed by atoms with Crippen molar-refractivity contribution in [2.45, 2.75) is 6.42 Å². The maximum atomic E-state index is 11.5. The van der Waals surface area contributed by atoms with Crippen LogP contribution in [0.4, 0.5) is 5.82 Å². The molecule has 1 heterocycles. The number of carbonyl (C=O) groups excluding carboxylic acids is 1. The summed E-state index contributed by atoms with van der Waals surface area (Å²) in [5, 5.41) is 0. The Hall–Kier alpha value is -1.73. The topological polar surface area (TPSA) is 77.7 Å². The number of nitrogens with zero attached hydrogens (tertiary/aromatic N) is 2. The standard InChI is InChI=1S/C13H19N3O3S/c1-18-8-7-16(6-4-11(14)20)12-9-10(3-5-15-12)13(17)19-2/h3,5,9H,4,6-8H2,1-2H3,(H2,14,20). The fourth-order valence-corrected chi connectivity index (χ4v) is 1.71. The second-order valence-corrected chi connectivity index (χ2v) is 4.61. The number of pyridine rings is 1. The summed E-state index contributed by atoms with van der Waals surface area (Å²) < 4.78 is 9.77. The summed E-state index contributed by atoms with van der Waals surface area (Å²) in [5.74, 6) is 0.274. The maximum Gasteiger partial charge on any atom is 0.338 e. The zero-order chi connectivity index (χ0) is 15.0. The van der Waals surface area contributed by atoms with E-state index in [9.17, 15) is 4.79 Å². The molecule has 0 atom stereocenters. The smallest absolute Gasteiger partial charge is 0.338 e. The highest BCUT2D eigenvalue weighted by Crippen LogP contribution is 2.14. The van der Waals surface area contributed by atoms with Crippen LogP contribution >= 0.6 is 12.2 Å². The molecule has 0 aliphatic carbocycles. The number of hydrogen-bond acceptors (Lipinski definition) is 6. The van der Waals surface area contributed by atoms with Crippen LogP contribution in [0, 0.1) is 0 Å². The van der Waals surface area contributed by atoms with Crippen molar-refractivity contribution in [3.8, 4) is 0 Å². The molecule has 1 rings (SSSR count). The van der Waals surface area contributed by atoms with Gasteiger partial charge in [0.05, 0.1) is 24.3 Å². The highest BCUT2D eigenvalue weighted by Gasteiger charge is 2.12. The summed E-state index contributed by atoms with van der Waals surface area (Å²) in [6.45, 7) is 1.80. The third kappa shape index (κ3) is 5.10. The van der Waals surface area contributed by atoms with E-state index in [0.29, 0.717) is 42.5 Å². The number of nitrogens with two attached hydrogens (primary N) is 1. The van der Waals surface area contributed by atoms with E-state index >= 15 is 0 Å². The first-order chi connectivity index (χ1) is 9.58. The van der Waals surface area contributed by atoms with E-state index in [-0.39, 0.29) is 0 Å². The van der Waals surface area contributed by atoms with Gasteiger partial charge < -0.3 is 20.1 Å². The van der Waals surface area contributed by atoms with Crippen LogP contribution in [0.3, 0.4) is 0 Å². The molecule has 110 valence electrons. The number of carbonyl (C=O) groups is 1. The second kappa shape index (κ2) is 8.44. The highest BCUT2D eigenvalue weighted by atomic mass is 32.1. The van der Waals surface area contributed by atoms with Crippen molar-refractivity contribution in [2.75, 3.05) is 38.8 Å². The van der Waals surface area contributed by atoms with Crippen molar-refractivity contribution in [2.24, 2.45) is 5.73 Å². The molecule has 0 bridgehead atoms. The molecule has 0 saturated heterocycles. The Morgan fingerprint density at radius 1 is 1.45 bits per heavy atom. The lowest BCUT2D eigenvalue weighted by atomic mass is 10.2. The predicted molar refractivity (Wildman–Crippen MR) is 81.1 cm³/mol. The van der Waals surface area contributed by atoms with Crippen LogP contribution in [-0.2, 0) is 9.47 Å². The first-order valence-corrected chi connectivity index (χ1v) is 6.56. The molecule has 0 aliphatic rings. The summed E-state index contributed by atoms with van der Waals surface area (Å²) in [6.07, 6.45) is 2.14. The second-order valence-electron chi connectivity index (χ2n) is 4.09. The average molecular weight is 297 g/mol. The molecular formula is C13H19N3O3S. The summed E-state index contributed by atoms with van der Waals surface area (Å²) in [6, 6.07) is 3.29. The van der Waals surface area contributed by atoms with Gasteiger partial charge in [-0.25, -0.2) is 9.78 Å². The minimum absolute atomic E-state index is 0.394. The molecule has 2 N–H and O–H groups in total. The Morgan fingerprint density at radius 3 is 2.80 bits per heavy atom. The first kappa shape index (κ1) is 16.3. The number of esters is 1. The van der Waals surface area contributed by atoms with Gasteiger partial charge in [0.25, 0.3) is 0 Å². The van der Waals surface area contributed by atoms with Gasteiger partial charge in [0, 0.05) is 32.8 Å². The van der Waals surface area contributed by atoms with E-state index < -0.39 is 5.97 Å². The van der Waals surface area contributed by atoms with Crippen LogP contribution in [0.2, 0.25) is 0 Å². The molecule has 0 fully saturated rings. The van der Waals surface area contributed by atoms with E-state index in [0.717, 1.165) is 0 Å². The maximum absolute atomic E-state index is 11.5. The van der Waals surface area contributed by atoms with Gasteiger partial charge in [0.1, 0.15) is 5.82 Å². The molecule has 1 aromatic heterocycles. The summed E-state index contributed by atoms with van der Waals surface area (Å²) in [5.41, 5.74) is 5.98. The zero-order valence-corrected chi connectivity index (χ0v) is 12.5. The minimum Gasteiger partial charge on any atom is -0.465 e. The number of anilines is 1. The van der Waals surface area contributed by atoms with Gasteiger partial charge in [-0.1, -0.05) is 12.2 Å². The molecule has 0 aliphatic heterocycles. The molecule has 1 aromatic rings. The van der Waals surface area contributed by atoms with Crippen molar-refractivity contribution in [3.05, 3.63) is 23.9 Å². The Labute approximate surface area is 123 Å². The number of aromatic nitrogens is 1. The Bertz CT molecular complexity index is 468. The minimum atomic E-state index is -0.394. The van der Waals surface area contributed by atoms with Gasteiger partial charge in [-0.05, 0) is 12.1 Å². The van der Waals surface area contributed by atoms with Gasteiger partial charge in [-0.15, -0.1) is 0 Å². The van der Waals surface area contributed by atoms with Crippen LogP contribution in [-0.4, -0.2) is 49.9 Å². The molecule has 7 heteroatoms. The number of ether oxygens (including phenoxy) is 2. The summed E-state index contributed by atoms with van der Waals surface area (Å²) in [7, 11) is 2.97. The van der Waals surface area contributed by atoms with Crippen LogP contribution < -0.4 is 10.6 Å². The van der Waals surface area contributed by atoms with Crippen molar-refractivity contribution < 1.29 is 14.3 Å². The first-order valence-electron chi connectivity index (χ1n) is 6.15. The molecule has 0 spiro atoms. The molecule has 0 amide bonds. The van der Waals surface area contributed by atoms with E-state index in [1.54, 1.807) is 25.4 Å². The van der Waals surface area contributed by atoms with Crippen molar-refractivity contribution >= 4 is 29.0 Å². The zero-order valence-electron chi connectivity index (χ0n) is 11.7. The van der Waals surface area contributed by atoms with E-state index in [2.05, 4.69) is 4.98 Å². The van der Waals surface area contributed by atoms with Crippen LogP contribution in [0.1, 0.15) is 16.8 Å². The Balaban J connectivity index is 2.88. The van der Waals surface area contributed by atoms with Crippen molar-refractivity contribution in [3.63, 3.8) is 0 Å². The van der Waals surface area contributed by atoms with E-state index in [1.165, 1.54) is 7.11 Å². The molecule has 20 heavy (non-hydrogen) atoms. The third-order valence-corrected chi connectivity index (χ3v) is 2.89. The van der Waals surface area contributed by atoms with Crippen molar-refractivity contribution in [1.29, 1.82) is 0 Å². The molecule has 0 saturated carbocycles. The highest BCUT2D eigenvalue weighted by molar-refractivity contribution is 7.80. The van der Waals surface area contributed by atoms with E-state index in [1.807, 2.05) is 4.90 Å². The Morgan fingerprint density at radius 2 is 2.20 bits per heavy atom. The number of rotatable bonds is 8. The SMILES string of the molecule is COCCN(CCC(N)=S)c1cc(C(=O)OC)ccn1. The molecule has 0 radical (unpaired) electrons. The van der Waals surface area contributed by atoms with Gasteiger partial charge in [0.15, 0.2) is 0 Å². The molecule has 6 nitrogen and oxygen atoms in total. The predicted octanol–water partition coefficient (Wildman–Crippen LogP) is 0.997. The third-order valence-electron chi connectivity index (χ3n) is 2.68. The number of hydrogen-bond donors (Lipinski definition) is 1. The lowest BCUT2D eigenvalue weighted by molar-refractivity contribution is 0.0600. The fraction of sp³-hybridized carbons (Fsp3) is 0.462. The van der Waals surface area contributed by atoms with Crippen LogP contribution in [0.25, 0.3) is 0 Å².